The maximum atomic E-state index is 12.9. The summed E-state index contributed by atoms with van der Waals surface area (Å²) < 4.78 is 10.7. The summed E-state index contributed by atoms with van der Waals surface area (Å²) in [6.07, 6.45) is 2.16. The number of para-hydroxylation sites is 1. The lowest BCUT2D eigenvalue weighted by Gasteiger charge is -2.30. The topological polar surface area (TPSA) is 52.6 Å². The monoisotopic (exact) mass is 364 g/mol. The zero-order valence-electron chi connectivity index (χ0n) is 15.9. The van der Waals surface area contributed by atoms with E-state index in [1.54, 1.807) is 20.1 Å². The van der Waals surface area contributed by atoms with Crippen LogP contribution in [-0.2, 0) is 14.3 Å². The van der Waals surface area contributed by atoms with Crippen molar-refractivity contribution in [3.05, 3.63) is 71.3 Å². The molecule has 0 amide bonds. The fourth-order valence-corrected chi connectivity index (χ4v) is 3.62. The molecule has 0 unspecified atom stereocenters. The number of ketones is 1. The quantitative estimate of drug-likeness (QED) is 0.586. The maximum Gasteiger partial charge on any atom is 0.317 e. The number of hydrogen-bond acceptors (Lipinski definition) is 4. The van der Waals surface area contributed by atoms with Gasteiger partial charge in [0.05, 0.1) is 13.7 Å². The first kappa shape index (κ1) is 18.9. The van der Waals surface area contributed by atoms with Crippen molar-refractivity contribution in [3.8, 4) is 5.75 Å². The van der Waals surface area contributed by atoms with E-state index in [9.17, 15) is 9.59 Å². The summed E-state index contributed by atoms with van der Waals surface area (Å²) in [7, 11) is 1.60. The maximum absolute atomic E-state index is 12.9. The van der Waals surface area contributed by atoms with Gasteiger partial charge < -0.3 is 9.47 Å². The molecule has 27 heavy (non-hydrogen) atoms. The van der Waals surface area contributed by atoms with Crippen LogP contribution >= 0.6 is 0 Å². The lowest BCUT2D eigenvalue weighted by atomic mass is 9.73. The highest BCUT2D eigenvalue weighted by Crippen LogP contribution is 2.43. The van der Waals surface area contributed by atoms with Gasteiger partial charge in [-0.15, -0.1) is 0 Å². The molecule has 0 aromatic heterocycles. The normalized spacial score (nSPS) is 19.4. The van der Waals surface area contributed by atoms with Crippen LogP contribution in [0.1, 0.15) is 36.0 Å². The third-order valence-electron chi connectivity index (χ3n) is 4.97. The number of rotatable bonds is 5. The number of allylic oxidation sites excluding steroid dienone is 2. The van der Waals surface area contributed by atoms with Crippen molar-refractivity contribution >= 4 is 17.3 Å². The Morgan fingerprint density at radius 1 is 1.11 bits per heavy atom. The molecular formula is C23H24O4. The number of carbonyl (C=O) groups is 2. The van der Waals surface area contributed by atoms with Gasteiger partial charge >= 0.3 is 5.97 Å². The molecule has 0 bridgehead atoms. The summed E-state index contributed by atoms with van der Waals surface area (Å²) >= 11 is 0. The fourth-order valence-electron chi connectivity index (χ4n) is 3.62. The number of esters is 1. The van der Waals surface area contributed by atoms with Crippen molar-refractivity contribution in [1.29, 1.82) is 0 Å². The largest absolute Gasteiger partial charge is 0.496 e. The summed E-state index contributed by atoms with van der Waals surface area (Å²) in [4.78, 5) is 25.5. The van der Waals surface area contributed by atoms with Gasteiger partial charge in [0, 0.05) is 5.92 Å². The van der Waals surface area contributed by atoms with Gasteiger partial charge in [-0.3, -0.25) is 9.59 Å². The van der Waals surface area contributed by atoms with Crippen LogP contribution < -0.4 is 4.74 Å². The first-order valence-electron chi connectivity index (χ1n) is 9.16. The second kappa shape index (κ2) is 8.21. The Balaban J connectivity index is 2.06. The first-order chi connectivity index (χ1) is 13.0. The van der Waals surface area contributed by atoms with Gasteiger partial charge in [-0.05, 0) is 49.1 Å². The molecule has 1 aliphatic carbocycles. The average Bonchev–Trinajstić information content (AvgIpc) is 2.68. The summed E-state index contributed by atoms with van der Waals surface area (Å²) in [5.41, 5.74) is 3.93. The third kappa shape index (κ3) is 3.95. The van der Waals surface area contributed by atoms with Gasteiger partial charge in [0.25, 0.3) is 0 Å². The SMILES string of the molecule is CCOC(=O)[C@H]1C(=O)C=C(c2ccc(C)cc2)C[C@H]1c1ccccc1OC. The van der Waals surface area contributed by atoms with E-state index >= 15 is 0 Å². The van der Waals surface area contributed by atoms with E-state index in [-0.39, 0.29) is 18.3 Å². The molecule has 2 atom stereocenters. The van der Waals surface area contributed by atoms with E-state index in [4.69, 9.17) is 9.47 Å². The number of benzene rings is 2. The van der Waals surface area contributed by atoms with Crippen molar-refractivity contribution in [2.24, 2.45) is 5.92 Å². The second-order valence-corrected chi connectivity index (χ2v) is 6.72. The molecule has 0 N–H and O–H groups in total. The Morgan fingerprint density at radius 3 is 2.48 bits per heavy atom. The summed E-state index contributed by atoms with van der Waals surface area (Å²) in [5, 5.41) is 0. The van der Waals surface area contributed by atoms with Crippen LogP contribution in [-0.4, -0.2) is 25.5 Å². The molecule has 4 heteroatoms. The van der Waals surface area contributed by atoms with Crippen LogP contribution in [0.2, 0.25) is 0 Å². The molecule has 3 rings (SSSR count). The molecule has 0 spiro atoms. The number of aryl methyl sites for hydroxylation is 1. The Kier molecular flexibility index (Phi) is 5.75. The van der Waals surface area contributed by atoms with Crippen LogP contribution in [0, 0.1) is 12.8 Å². The lowest BCUT2D eigenvalue weighted by Crippen LogP contribution is -2.34. The van der Waals surface area contributed by atoms with Crippen molar-refractivity contribution in [3.63, 3.8) is 0 Å². The number of hydrogen-bond donors (Lipinski definition) is 0. The molecule has 0 fully saturated rings. The van der Waals surface area contributed by atoms with Crippen molar-refractivity contribution < 1.29 is 19.1 Å². The Labute approximate surface area is 159 Å². The lowest BCUT2D eigenvalue weighted by molar-refractivity contribution is -0.151. The van der Waals surface area contributed by atoms with E-state index < -0.39 is 11.9 Å². The highest BCUT2D eigenvalue weighted by atomic mass is 16.5. The van der Waals surface area contributed by atoms with Gasteiger partial charge in [-0.1, -0.05) is 48.0 Å². The number of methoxy groups -OCH3 is 1. The molecule has 0 saturated carbocycles. The van der Waals surface area contributed by atoms with Gasteiger partial charge in [0.1, 0.15) is 11.7 Å². The number of carbonyl (C=O) groups excluding carboxylic acids is 2. The van der Waals surface area contributed by atoms with Gasteiger partial charge in [0.15, 0.2) is 5.78 Å². The highest BCUT2D eigenvalue weighted by Gasteiger charge is 2.40. The van der Waals surface area contributed by atoms with Crippen LogP contribution in [0.5, 0.6) is 5.75 Å². The minimum atomic E-state index is -0.851. The molecule has 140 valence electrons. The van der Waals surface area contributed by atoms with Crippen molar-refractivity contribution in [1.82, 2.24) is 0 Å². The summed E-state index contributed by atoms with van der Waals surface area (Å²) in [5.74, 6) is -1.19. The predicted octanol–water partition coefficient (Wildman–Crippen LogP) is 4.32. The molecule has 2 aromatic rings. The zero-order chi connectivity index (χ0) is 19.4. The van der Waals surface area contributed by atoms with Crippen molar-refractivity contribution in [2.45, 2.75) is 26.2 Å². The molecule has 4 nitrogen and oxygen atoms in total. The van der Waals surface area contributed by atoms with Crippen LogP contribution in [0.4, 0.5) is 0 Å². The summed E-state index contributed by atoms with van der Waals surface area (Å²) in [6, 6.07) is 15.6. The smallest absolute Gasteiger partial charge is 0.317 e. The predicted molar refractivity (Wildman–Crippen MR) is 105 cm³/mol. The minimum Gasteiger partial charge on any atom is -0.496 e. The second-order valence-electron chi connectivity index (χ2n) is 6.72. The number of ether oxygens (including phenoxy) is 2. The molecule has 2 aromatic carbocycles. The van der Waals surface area contributed by atoms with Gasteiger partial charge in [-0.2, -0.15) is 0 Å². The standard InChI is InChI=1S/C23H24O4/c1-4-27-23(25)22-19(18-7-5-6-8-21(18)26-3)13-17(14-20(22)24)16-11-9-15(2)10-12-16/h5-12,14,19,22H,4,13H2,1-3H3/t19-,22+/m0/s1. The van der Waals surface area contributed by atoms with Crippen LogP contribution in [0.25, 0.3) is 5.57 Å². The Hall–Kier alpha value is -2.88. The minimum absolute atomic E-state index is 0.216. The summed E-state index contributed by atoms with van der Waals surface area (Å²) in [6.45, 7) is 4.02. The van der Waals surface area contributed by atoms with E-state index in [1.807, 2.05) is 55.5 Å². The fraction of sp³-hybridized carbons (Fsp3) is 0.304. The van der Waals surface area contributed by atoms with Crippen LogP contribution in [0.3, 0.4) is 0 Å². The van der Waals surface area contributed by atoms with Crippen molar-refractivity contribution in [2.75, 3.05) is 13.7 Å². The molecule has 1 aliphatic rings. The molecule has 0 aliphatic heterocycles. The first-order valence-corrected chi connectivity index (χ1v) is 9.16. The molecule has 0 radical (unpaired) electrons. The Bertz CT molecular complexity index is 864. The Morgan fingerprint density at radius 2 is 1.81 bits per heavy atom. The zero-order valence-corrected chi connectivity index (χ0v) is 15.9. The van der Waals surface area contributed by atoms with E-state index in [1.165, 1.54) is 0 Å². The molecule has 0 saturated heterocycles. The average molecular weight is 364 g/mol. The third-order valence-corrected chi connectivity index (χ3v) is 4.97. The van der Waals surface area contributed by atoms with Gasteiger partial charge in [-0.25, -0.2) is 0 Å². The highest BCUT2D eigenvalue weighted by molar-refractivity contribution is 6.10. The molecule has 0 heterocycles. The van der Waals surface area contributed by atoms with Crippen LogP contribution in [0.15, 0.2) is 54.6 Å². The van der Waals surface area contributed by atoms with E-state index in [0.717, 1.165) is 22.3 Å². The molecular weight excluding hydrogens is 340 g/mol. The van der Waals surface area contributed by atoms with E-state index in [0.29, 0.717) is 12.2 Å². The van der Waals surface area contributed by atoms with E-state index in [2.05, 4.69) is 0 Å². The van der Waals surface area contributed by atoms with Gasteiger partial charge in [0.2, 0.25) is 0 Å².